The minimum absolute atomic E-state index is 0.328. The monoisotopic (exact) mass is 493 g/mol. The highest BCUT2D eigenvalue weighted by Crippen LogP contribution is 2.33. The summed E-state index contributed by atoms with van der Waals surface area (Å²) in [5.74, 6) is 0.267. The Kier molecular flexibility index (Phi) is 5.78. The molecule has 0 aliphatic rings. The van der Waals surface area contributed by atoms with Crippen LogP contribution in [0.4, 0.5) is 10.1 Å². The molecule has 0 amide bonds. The minimum Gasteiger partial charge on any atom is -0.384 e. The quantitative estimate of drug-likeness (QED) is 0.295. The number of rotatable bonds is 7. The molecule has 1 aromatic carbocycles. The lowest BCUT2D eigenvalue weighted by Crippen LogP contribution is -2.20. The molecule has 0 unspecified atom stereocenters. The van der Waals surface area contributed by atoms with Gasteiger partial charge in [-0.2, -0.15) is 5.10 Å². The highest BCUT2D eigenvalue weighted by Gasteiger charge is 2.17. The van der Waals surface area contributed by atoms with Gasteiger partial charge in [-0.3, -0.25) is 15.1 Å². The molecule has 0 radical (unpaired) electrons. The number of anilines is 1. The fourth-order valence-electron chi connectivity index (χ4n) is 4.31. The fourth-order valence-corrected chi connectivity index (χ4v) is 4.31. The maximum atomic E-state index is 14.6. The van der Waals surface area contributed by atoms with E-state index in [0.29, 0.717) is 40.5 Å². The van der Waals surface area contributed by atoms with Gasteiger partial charge in [-0.25, -0.2) is 14.4 Å². The van der Waals surface area contributed by atoms with Crippen LogP contribution < -0.4 is 5.32 Å². The summed E-state index contributed by atoms with van der Waals surface area (Å²) in [5.41, 5.74) is 6.73. The fraction of sp³-hybridized carbons (Fsp3) is 0.148. The Bertz CT molecular complexity index is 1710. The van der Waals surface area contributed by atoms with Gasteiger partial charge in [0.15, 0.2) is 11.5 Å². The average Bonchev–Trinajstić information content (AvgIpc) is 3.52. The number of nitrogens with zero attached hydrogens (tertiary/aromatic N) is 6. The molecule has 0 atom stereocenters. The van der Waals surface area contributed by atoms with E-state index in [1.54, 1.807) is 31.0 Å². The Morgan fingerprint density at radius 3 is 2.73 bits per heavy atom. The summed E-state index contributed by atoms with van der Waals surface area (Å²) in [6.07, 6.45) is 8.73. The minimum atomic E-state index is -0.328. The largest absolute Gasteiger partial charge is 0.384 e. The number of halogens is 1. The van der Waals surface area contributed by atoms with Crippen molar-refractivity contribution in [3.63, 3.8) is 0 Å². The first-order valence-electron chi connectivity index (χ1n) is 11.8. The van der Waals surface area contributed by atoms with Gasteiger partial charge in [0, 0.05) is 60.3 Å². The molecule has 37 heavy (non-hydrogen) atoms. The SMILES string of the molecule is CN(C)CCNc1cc(F)cc(-c2cncc3[nH]c(-c4[nH]nc5ncc(-c6cccnc6)cc45)nc23)c1. The van der Waals surface area contributed by atoms with Crippen LogP contribution in [0, 0.1) is 5.82 Å². The second-order valence-corrected chi connectivity index (χ2v) is 9.06. The van der Waals surface area contributed by atoms with Gasteiger partial charge in [0.1, 0.15) is 11.5 Å². The van der Waals surface area contributed by atoms with E-state index < -0.39 is 0 Å². The highest BCUT2D eigenvalue weighted by molar-refractivity contribution is 5.97. The maximum Gasteiger partial charge on any atom is 0.181 e. The topological polar surface area (TPSA) is 111 Å². The molecule has 5 aromatic heterocycles. The third-order valence-electron chi connectivity index (χ3n) is 6.13. The molecule has 0 aliphatic heterocycles. The number of likely N-dealkylation sites (N-methyl/N-ethyl adjacent to an activating group) is 1. The summed E-state index contributed by atoms with van der Waals surface area (Å²) < 4.78 is 14.6. The molecule has 184 valence electrons. The molecule has 10 heteroatoms. The van der Waals surface area contributed by atoms with E-state index in [-0.39, 0.29) is 5.82 Å². The normalized spacial score (nSPS) is 11.6. The number of aromatic nitrogens is 7. The lowest BCUT2D eigenvalue weighted by Gasteiger charge is -2.12. The van der Waals surface area contributed by atoms with Crippen molar-refractivity contribution >= 4 is 27.8 Å². The van der Waals surface area contributed by atoms with Crippen LogP contribution in [0.15, 0.2) is 67.4 Å². The Labute approximate surface area is 211 Å². The third-order valence-corrected chi connectivity index (χ3v) is 6.13. The van der Waals surface area contributed by atoms with Crippen LogP contribution in [-0.4, -0.2) is 67.2 Å². The van der Waals surface area contributed by atoms with Gasteiger partial charge in [0.25, 0.3) is 0 Å². The number of H-pyrrole nitrogens is 2. The summed E-state index contributed by atoms with van der Waals surface area (Å²) in [5, 5.41) is 11.5. The number of hydrogen-bond acceptors (Lipinski definition) is 7. The van der Waals surface area contributed by atoms with Crippen LogP contribution in [-0.2, 0) is 0 Å². The number of nitrogens with one attached hydrogen (secondary N) is 3. The van der Waals surface area contributed by atoms with Crippen LogP contribution in [0.1, 0.15) is 0 Å². The molecular formula is C27H24FN9. The van der Waals surface area contributed by atoms with E-state index in [9.17, 15) is 4.39 Å². The van der Waals surface area contributed by atoms with Crippen LogP contribution >= 0.6 is 0 Å². The van der Waals surface area contributed by atoms with Crippen LogP contribution in [0.3, 0.4) is 0 Å². The maximum absolute atomic E-state index is 14.6. The Morgan fingerprint density at radius 2 is 1.89 bits per heavy atom. The molecule has 0 bridgehead atoms. The molecule has 6 rings (SSSR count). The summed E-state index contributed by atoms with van der Waals surface area (Å²) in [6, 6.07) is 10.8. The van der Waals surface area contributed by atoms with Gasteiger partial charge in [-0.05, 0) is 50.0 Å². The molecule has 0 spiro atoms. The molecule has 5 heterocycles. The van der Waals surface area contributed by atoms with E-state index in [1.807, 2.05) is 38.4 Å². The first kappa shape index (κ1) is 22.7. The summed E-state index contributed by atoms with van der Waals surface area (Å²) >= 11 is 0. The van der Waals surface area contributed by atoms with E-state index in [4.69, 9.17) is 4.98 Å². The van der Waals surface area contributed by atoms with Crippen molar-refractivity contribution in [2.45, 2.75) is 0 Å². The number of benzene rings is 1. The molecule has 0 saturated heterocycles. The molecule has 0 aliphatic carbocycles. The van der Waals surface area contributed by atoms with Crippen molar-refractivity contribution < 1.29 is 4.39 Å². The lowest BCUT2D eigenvalue weighted by molar-refractivity contribution is 0.425. The molecule has 0 saturated carbocycles. The Balaban J connectivity index is 1.41. The predicted molar refractivity (Wildman–Crippen MR) is 142 cm³/mol. The van der Waals surface area contributed by atoms with E-state index in [2.05, 4.69) is 40.3 Å². The lowest BCUT2D eigenvalue weighted by atomic mass is 10.1. The van der Waals surface area contributed by atoms with Crippen LogP contribution in [0.5, 0.6) is 0 Å². The number of pyridine rings is 3. The summed E-state index contributed by atoms with van der Waals surface area (Å²) in [6.45, 7) is 1.54. The molecular weight excluding hydrogens is 469 g/mol. The summed E-state index contributed by atoms with van der Waals surface area (Å²) in [4.78, 5) is 23.4. The molecule has 9 nitrogen and oxygen atoms in total. The second kappa shape index (κ2) is 9.40. The Morgan fingerprint density at radius 1 is 0.973 bits per heavy atom. The number of imidazole rings is 1. The van der Waals surface area contributed by atoms with Crippen molar-refractivity contribution in [3.05, 3.63) is 73.2 Å². The van der Waals surface area contributed by atoms with Crippen LogP contribution in [0.2, 0.25) is 0 Å². The van der Waals surface area contributed by atoms with Gasteiger partial charge in [-0.15, -0.1) is 0 Å². The smallest absolute Gasteiger partial charge is 0.181 e. The van der Waals surface area contributed by atoms with Gasteiger partial charge in [0.2, 0.25) is 0 Å². The van der Waals surface area contributed by atoms with Gasteiger partial charge < -0.3 is 15.2 Å². The van der Waals surface area contributed by atoms with Crippen molar-refractivity contribution in [3.8, 4) is 33.8 Å². The van der Waals surface area contributed by atoms with Gasteiger partial charge >= 0.3 is 0 Å². The third kappa shape index (κ3) is 4.50. The zero-order valence-electron chi connectivity index (χ0n) is 20.3. The predicted octanol–water partition coefficient (Wildman–Crippen LogP) is 4.74. The first-order valence-corrected chi connectivity index (χ1v) is 11.8. The molecule has 6 aromatic rings. The number of fused-ring (bicyclic) bond motifs is 2. The Hall–Kier alpha value is -4.70. The molecule has 0 fully saturated rings. The average molecular weight is 494 g/mol. The van der Waals surface area contributed by atoms with Gasteiger partial charge in [-0.1, -0.05) is 6.07 Å². The summed E-state index contributed by atoms with van der Waals surface area (Å²) in [7, 11) is 4.00. The van der Waals surface area contributed by atoms with Crippen molar-refractivity contribution in [2.75, 3.05) is 32.5 Å². The zero-order chi connectivity index (χ0) is 25.4. The van der Waals surface area contributed by atoms with E-state index in [1.165, 1.54) is 12.1 Å². The van der Waals surface area contributed by atoms with E-state index >= 15 is 0 Å². The van der Waals surface area contributed by atoms with Crippen molar-refractivity contribution in [1.82, 2.24) is 40.0 Å². The number of aromatic amines is 2. The van der Waals surface area contributed by atoms with Crippen LogP contribution in [0.25, 0.3) is 55.8 Å². The highest BCUT2D eigenvalue weighted by atomic mass is 19.1. The van der Waals surface area contributed by atoms with Crippen molar-refractivity contribution in [1.29, 1.82) is 0 Å². The van der Waals surface area contributed by atoms with E-state index in [0.717, 1.165) is 34.1 Å². The van der Waals surface area contributed by atoms with Gasteiger partial charge in [0.05, 0.1) is 22.6 Å². The zero-order valence-corrected chi connectivity index (χ0v) is 20.3. The molecule has 3 N–H and O–H groups in total. The second-order valence-electron chi connectivity index (χ2n) is 9.06. The first-order chi connectivity index (χ1) is 18.0. The number of hydrogen-bond donors (Lipinski definition) is 3. The van der Waals surface area contributed by atoms with Crippen molar-refractivity contribution in [2.24, 2.45) is 0 Å². The standard InChI is InChI=1S/C27H24FN9/c1-37(2)7-6-31-20-9-17(8-19(28)11-20)22-14-30-15-23-24(22)34-27(33-23)25-21-10-18(13-32-26(21)36-35-25)16-4-3-5-29-12-16/h3-5,8-15,31H,6-7H2,1-2H3,(H,33,34)(H,32,35,36).